The minimum Gasteiger partial charge on any atom is -0.494 e. The summed E-state index contributed by atoms with van der Waals surface area (Å²) in [5.74, 6) is 0.769. The van der Waals surface area contributed by atoms with Gasteiger partial charge < -0.3 is 15.4 Å². The monoisotopic (exact) mass is 304 g/mol. The van der Waals surface area contributed by atoms with Crippen molar-refractivity contribution in [1.82, 2.24) is 4.90 Å². The number of hydrogen-bond acceptors (Lipinski definition) is 4. The molecule has 1 aliphatic rings. The van der Waals surface area contributed by atoms with E-state index >= 15 is 0 Å². The van der Waals surface area contributed by atoms with Gasteiger partial charge in [-0.3, -0.25) is 9.59 Å². The zero-order chi connectivity index (χ0) is 15.9. The molecule has 0 bridgehead atoms. The summed E-state index contributed by atoms with van der Waals surface area (Å²) in [4.78, 5) is 26.2. The van der Waals surface area contributed by atoms with Crippen molar-refractivity contribution in [1.29, 1.82) is 0 Å². The van der Waals surface area contributed by atoms with Gasteiger partial charge in [0, 0.05) is 37.5 Å². The Kier molecular flexibility index (Phi) is 5.95. The average molecular weight is 304 g/mol. The quantitative estimate of drug-likeness (QED) is 0.782. The lowest BCUT2D eigenvalue weighted by atomic mass is 10.1. The van der Waals surface area contributed by atoms with E-state index in [1.54, 1.807) is 24.3 Å². The van der Waals surface area contributed by atoms with Crippen molar-refractivity contribution in [3.05, 3.63) is 29.8 Å². The lowest BCUT2D eigenvalue weighted by Crippen LogP contribution is -2.39. The summed E-state index contributed by atoms with van der Waals surface area (Å²) in [5, 5.41) is 0. The normalized spacial score (nSPS) is 17.5. The van der Waals surface area contributed by atoms with Crippen LogP contribution in [-0.4, -0.2) is 42.3 Å². The van der Waals surface area contributed by atoms with Crippen molar-refractivity contribution in [2.24, 2.45) is 5.73 Å². The minimum absolute atomic E-state index is 0.0140. The molecule has 0 aromatic heterocycles. The van der Waals surface area contributed by atoms with Crippen molar-refractivity contribution in [2.45, 2.75) is 38.6 Å². The van der Waals surface area contributed by atoms with E-state index < -0.39 is 0 Å². The number of nitrogens with two attached hydrogens (primary N) is 1. The number of carbonyl (C=O) groups excluding carboxylic acids is 2. The van der Waals surface area contributed by atoms with Crippen LogP contribution >= 0.6 is 0 Å². The number of likely N-dealkylation sites (tertiary alicyclic amines) is 1. The summed E-state index contributed by atoms with van der Waals surface area (Å²) in [6, 6.07) is 7.20. The summed E-state index contributed by atoms with van der Waals surface area (Å²) in [6.07, 6.45) is 2.46. The van der Waals surface area contributed by atoms with Gasteiger partial charge in [-0.25, -0.2) is 0 Å². The summed E-state index contributed by atoms with van der Waals surface area (Å²) < 4.78 is 5.35. The fraction of sp³-hybridized carbons (Fsp3) is 0.529. The topological polar surface area (TPSA) is 72.6 Å². The lowest BCUT2D eigenvalue weighted by Gasteiger charge is -2.23. The number of ketones is 1. The van der Waals surface area contributed by atoms with E-state index in [1.165, 1.54) is 0 Å². The van der Waals surface area contributed by atoms with Crippen LogP contribution in [0.5, 0.6) is 5.75 Å². The van der Waals surface area contributed by atoms with Crippen molar-refractivity contribution in [2.75, 3.05) is 19.7 Å². The molecule has 1 heterocycles. The van der Waals surface area contributed by atoms with E-state index in [9.17, 15) is 9.59 Å². The van der Waals surface area contributed by atoms with Crippen LogP contribution in [0.3, 0.4) is 0 Å². The van der Waals surface area contributed by atoms with Gasteiger partial charge in [-0.2, -0.15) is 0 Å². The first-order valence-corrected chi connectivity index (χ1v) is 7.91. The number of hydrogen-bond donors (Lipinski definition) is 1. The van der Waals surface area contributed by atoms with Gasteiger partial charge in [-0.1, -0.05) is 0 Å². The van der Waals surface area contributed by atoms with Gasteiger partial charge in [0.1, 0.15) is 5.75 Å². The van der Waals surface area contributed by atoms with E-state index in [-0.39, 0.29) is 30.6 Å². The van der Waals surface area contributed by atoms with Gasteiger partial charge in [0.2, 0.25) is 5.91 Å². The largest absolute Gasteiger partial charge is 0.494 e. The standard InChI is InChI=1S/C17H24N2O3/c1-2-22-15-7-5-13(6-8-15)16(20)9-10-17(21)19-11-3-4-14(19)12-18/h5-8,14H,2-4,9-12,18H2,1H3. The molecule has 1 aromatic rings. The summed E-state index contributed by atoms with van der Waals surface area (Å²) in [6.45, 7) is 3.77. The molecule has 1 unspecified atom stereocenters. The van der Waals surface area contributed by atoms with Gasteiger partial charge in [0.25, 0.3) is 0 Å². The summed E-state index contributed by atoms with van der Waals surface area (Å²) in [7, 11) is 0. The second-order valence-electron chi connectivity index (χ2n) is 5.50. The molecule has 1 atom stereocenters. The van der Waals surface area contributed by atoms with E-state index in [0.29, 0.717) is 18.7 Å². The first-order chi connectivity index (χ1) is 10.7. The number of Topliss-reactive ketones (excluding diaryl/α,β-unsaturated/α-hetero) is 1. The summed E-state index contributed by atoms with van der Waals surface area (Å²) in [5.41, 5.74) is 6.29. The van der Waals surface area contributed by atoms with Crippen LogP contribution in [0.15, 0.2) is 24.3 Å². The fourth-order valence-corrected chi connectivity index (χ4v) is 2.82. The highest BCUT2D eigenvalue weighted by Gasteiger charge is 2.27. The molecule has 2 N–H and O–H groups in total. The maximum absolute atomic E-state index is 12.2. The van der Waals surface area contributed by atoms with Crippen LogP contribution in [-0.2, 0) is 4.79 Å². The van der Waals surface area contributed by atoms with Gasteiger partial charge in [-0.05, 0) is 44.0 Å². The zero-order valence-electron chi connectivity index (χ0n) is 13.1. The fourth-order valence-electron chi connectivity index (χ4n) is 2.82. The van der Waals surface area contributed by atoms with Crippen molar-refractivity contribution in [3.8, 4) is 5.75 Å². The SMILES string of the molecule is CCOc1ccc(C(=O)CCC(=O)N2CCCC2CN)cc1. The van der Waals surface area contributed by atoms with Gasteiger partial charge in [0.15, 0.2) is 5.78 Å². The molecular formula is C17H24N2O3. The molecule has 22 heavy (non-hydrogen) atoms. The molecule has 1 amide bonds. The number of nitrogens with zero attached hydrogens (tertiary/aromatic N) is 1. The van der Waals surface area contributed by atoms with Crippen molar-refractivity contribution < 1.29 is 14.3 Å². The van der Waals surface area contributed by atoms with Crippen LogP contribution in [0.25, 0.3) is 0 Å². The predicted octanol–water partition coefficient (Wildman–Crippen LogP) is 2.00. The second kappa shape index (κ2) is 7.94. The molecule has 0 radical (unpaired) electrons. The molecule has 1 fully saturated rings. The highest BCUT2D eigenvalue weighted by molar-refractivity contribution is 5.98. The first-order valence-electron chi connectivity index (χ1n) is 7.91. The number of amides is 1. The molecule has 2 rings (SSSR count). The zero-order valence-corrected chi connectivity index (χ0v) is 13.1. The first kappa shape index (κ1) is 16.5. The maximum Gasteiger partial charge on any atom is 0.223 e. The molecule has 1 aromatic carbocycles. The third-order valence-corrected chi connectivity index (χ3v) is 4.02. The Morgan fingerprint density at radius 2 is 2.00 bits per heavy atom. The van der Waals surface area contributed by atoms with Crippen molar-refractivity contribution in [3.63, 3.8) is 0 Å². The van der Waals surface area contributed by atoms with Gasteiger partial charge in [0.05, 0.1) is 6.61 Å². The minimum atomic E-state index is -0.0140. The van der Waals surface area contributed by atoms with Gasteiger partial charge in [-0.15, -0.1) is 0 Å². The molecule has 0 spiro atoms. The predicted molar refractivity (Wildman–Crippen MR) is 85.0 cm³/mol. The molecule has 1 aliphatic heterocycles. The molecule has 1 saturated heterocycles. The molecular weight excluding hydrogens is 280 g/mol. The maximum atomic E-state index is 12.2. The Balaban J connectivity index is 1.85. The Morgan fingerprint density at radius 3 is 2.64 bits per heavy atom. The number of rotatable bonds is 7. The molecule has 0 saturated carbocycles. The Bertz CT molecular complexity index is 513. The van der Waals surface area contributed by atoms with E-state index in [2.05, 4.69) is 0 Å². The third-order valence-electron chi connectivity index (χ3n) is 4.02. The summed E-state index contributed by atoms with van der Waals surface area (Å²) >= 11 is 0. The Morgan fingerprint density at radius 1 is 1.27 bits per heavy atom. The van der Waals surface area contributed by atoms with E-state index in [1.807, 2.05) is 11.8 Å². The lowest BCUT2D eigenvalue weighted by molar-refractivity contribution is -0.131. The van der Waals surface area contributed by atoms with Crippen LogP contribution in [0, 0.1) is 0 Å². The van der Waals surface area contributed by atoms with E-state index in [4.69, 9.17) is 10.5 Å². The number of carbonyl (C=O) groups is 2. The second-order valence-corrected chi connectivity index (χ2v) is 5.50. The van der Waals surface area contributed by atoms with Crippen LogP contribution in [0.1, 0.15) is 43.0 Å². The van der Waals surface area contributed by atoms with Crippen LogP contribution in [0.2, 0.25) is 0 Å². The Labute approximate surface area is 131 Å². The van der Waals surface area contributed by atoms with E-state index in [0.717, 1.165) is 25.1 Å². The highest BCUT2D eigenvalue weighted by Crippen LogP contribution is 2.19. The molecule has 0 aliphatic carbocycles. The Hall–Kier alpha value is -1.88. The molecule has 5 heteroatoms. The van der Waals surface area contributed by atoms with Crippen LogP contribution < -0.4 is 10.5 Å². The number of benzene rings is 1. The average Bonchev–Trinajstić information content (AvgIpc) is 3.02. The van der Waals surface area contributed by atoms with Gasteiger partial charge >= 0.3 is 0 Å². The third kappa shape index (κ3) is 4.07. The van der Waals surface area contributed by atoms with Crippen molar-refractivity contribution >= 4 is 11.7 Å². The highest BCUT2D eigenvalue weighted by atomic mass is 16.5. The smallest absolute Gasteiger partial charge is 0.223 e. The molecule has 120 valence electrons. The number of ether oxygens (including phenoxy) is 1. The van der Waals surface area contributed by atoms with Crippen LogP contribution in [0.4, 0.5) is 0 Å². The molecule has 5 nitrogen and oxygen atoms in total.